The van der Waals surface area contributed by atoms with E-state index in [9.17, 15) is 14.7 Å². The van der Waals surface area contributed by atoms with E-state index in [1.807, 2.05) is 24.3 Å². The second-order valence-electron chi connectivity index (χ2n) is 5.56. The quantitative estimate of drug-likeness (QED) is 0.433. The highest BCUT2D eigenvalue weighted by molar-refractivity contribution is 6.16. The number of carbonyl (C=O) groups excluding carboxylic acids is 1. The molecule has 2 aromatic carbocycles. The van der Waals surface area contributed by atoms with E-state index < -0.39 is 5.97 Å². The molecule has 114 valence electrons. The largest absolute Gasteiger partial charge is 0.507 e. The first-order valence-electron chi connectivity index (χ1n) is 7.20. The van der Waals surface area contributed by atoms with E-state index in [0.717, 1.165) is 16.3 Å². The Hall–Kier alpha value is -3.08. The average Bonchev–Trinajstić information content (AvgIpc) is 2.85. The smallest absolute Gasteiger partial charge is 0.308 e. The van der Waals surface area contributed by atoms with Crippen LogP contribution in [-0.2, 0) is 4.79 Å². The number of pyridine rings is 1. The number of nitrogens with zero attached hydrogens (tertiary/aromatic N) is 1. The molecule has 0 radical (unpaired) electrons. The highest BCUT2D eigenvalue weighted by Gasteiger charge is 2.22. The zero-order chi connectivity index (χ0) is 16.3. The molecule has 2 aromatic heterocycles. The van der Waals surface area contributed by atoms with E-state index in [1.54, 1.807) is 23.5 Å². The Morgan fingerprint density at radius 3 is 2.61 bits per heavy atom. The van der Waals surface area contributed by atoms with Gasteiger partial charge in [-0.2, -0.15) is 0 Å². The Kier molecular flexibility index (Phi) is 2.63. The number of ether oxygens (including phenoxy) is 1. The molecule has 5 heteroatoms. The zero-order valence-electron chi connectivity index (χ0n) is 12.6. The topological polar surface area (TPSA) is 68.0 Å². The zero-order valence-corrected chi connectivity index (χ0v) is 12.6. The van der Waals surface area contributed by atoms with Crippen LogP contribution in [0, 0.1) is 6.92 Å². The molecule has 0 saturated carbocycles. The Bertz CT molecular complexity index is 1160. The first-order valence-corrected chi connectivity index (χ1v) is 7.20. The Labute approximate surface area is 130 Å². The molecule has 0 fully saturated rings. The molecule has 0 aliphatic rings. The van der Waals surface area contributed by atoms with Crippen molar-refractivity contribution < 1.29 is 14.6 Å². The molecule has 0 saturated heterocycles. The third-order valence-electron chi connectivity index (χ3n) is 4.17. The minimum atomic E-state index is -0.481. The first kappa shape index (κ1) is 13.6. The Morgan fingerprint density at radius 2 is 1.87 bits per heavy atom. The fraction of sp³-hybridized carbons (Fsp3) is 0.111. The molecule has 2 heterocycles. The number of carbonyl (C=O) groups is 1. The molecule has 23 heavy (non-hydrogen) atoms. The molecule has 4 rings (SSSR count). The fourth-order valence-electron chi connectivity index (χ4n) is 3.18. The summed E-state index contributed by atoms with van der Waals surface area (Å²) >= 11 is 0. The van der Waals surface area contributed by atoms with Gasteiger partial charge < -0.3 is 9.84 Å². The van der Waals surface area contributed by atoms with Gasteiger partial charge in [0.05, 0.1) is 22.0 Å². The van der Waals surface area contributed by atoms with Gasteiger partial charge in [-0.25, -0.2) is 0 Å². The van der Waals surface area contributed by atoms with Crippen molar-refractivity contribution in [1.29, 1.82) is 0 Å². The molecule has 0 unspecified atom stereocenters. The van der Waals surface area contributed by atoms with E-state index >= 15 is 0 Å². The lowest BCUT2D eigenvalue weighted by atomic mass is 10.1. The predicted octanol–water partition coefficient (Wildman–Crippen LogP) is 2.98. The highest BCUT2D eigenvalue weighted by atomic mass is 16.5. The van der Waals surface area contributed by atoms with Crippen LogP contribution in [0.5, 0.6) is 11.5 Å². The van der Waals surface area contributed by atoms with Gasteiger partial charge in [0, 0.05) is 17.7 Å². The third-order valence-corrected chi connectivity index (χ3v) is 4.17. The second kappa shape index (κ2) is 4.46. The lowest BCUT2D eigenvalue weighted by Crippen LogP contribution is -2.16. The van der Waals surface area contributed by atoms with Gasteiger partial charge in [0.15, 0.2) is 0 Å². The molecule has 0 aliphatic heterocycles. The van der Waals surface area contributed by atoms with Crippen LogP contribution in [0.4, 0.5) is 0 Å². The number of benzene rings is 2. The Morgan fingerprint density at radius 1 is 1.13 bits per heavy atom. The van der Waals surface area contributed by atoms with Crippen molar-refractivity contribution in [3.8, 4) is 11.5 Å². The van der Waals surface area contributed by atoms with Crippen LogP contribution < -0.4 is 10.3 Å². The number of para-hydroxylation sites is 1. The van der Waals surface area contributed by atoms with Gasteiger partial charge in [0.25, 0.3) is 5.56 Å². The number of esters is 1. The maximum absolute atomic E-state index is 12.7. The van der Waals surface area contributed by atoms with Crippen LogP contribution in [0.3, 0.4) is 0 Å². The van der Waals surface area contributed by atoms with Crippen LogP contribution in [0.15, 0.2) is 41.2 Å². The van der Waals surface area contributed by atoms with Crippen LogP contribution >= 0.6 is 0 Å². The highest BCUT2D eigenvalue weighted by Crippen LogP contribution is 2.40. The third kappa shape index (κ3) is 1.67. The van der Waals surface area contributed by atoms with Crippen LogP contribution in [-0.4, -0.2) is 15.5 Å². The average molecular weight is 307 g/mol. The maximum Gasteiger partial charge on any atom is 0.308 e. The molecule has 1 N–H and O–H groups in total. The van der Waals surface area contributed by atoms with Crippen molar-refractivity contribution in [2.45, 2.75) is 13.8 Å². The number of hydrogen-bond acceptors (Lipinski definition) is 4. The summed E-state index contributed by atoms with van der Waals surface area (Å²) in [6.45, 7) is 2.86. The monoisotopic (exact) mass is 307 g/mol. The number of hydrogen-bond donors (Lipinski definition) is 1. The van der Waals surface area contributed by atoms with Gasteiger partial charge >= 0.3 is 5.97 Å². The standard InChI is InChI=1S/C18H13NO4/c1-9-17(21)15-14(23-10(2)20)8-7-12-11-5-3-4-6-13(11)19(16(12)15)18(9)22/h3-8,21H,1-2H3. The first-order chi connectivity index (χ1) is 11.0. The van der Waals surface area contributed by atoms with E-state index in [4.69, 9.17) is 4.74 Å². The van der Waals surface area contributed by atoms with E-state index in [2.05, 4.69) is 0 Å². The van der Waals surface area contributed by atoms with Crippen molar-refractivity contribution in [3.63, 3.8) is 0 Å². The number of aromatic hydroxyl groups is 1. The summed E-state index contributed by atoms with van der Waals surface area (Å²) in [5.41, 5.74) is 1.28. The summed E-state index contributed by atoms with van der Waals surface area (Å²) in [6, 6.07) is 11.0. The van der Waals surface area contributed by atoms with Gasteiger partial charge in [0.2, 0.25) is 0 Å². The van der Waals surface area contributed by atoms with E-state index in [0.29, 0.717) is 10.9 Å². The van der Waals surface area contributed by atoms with Gasteiger partial charge in [0.1, 0.15) is 11.5 Å². The van der Waals surface area contributed by atoms with Crippen LogP contribution in [0.25, 0.3) is 27.2 Å². The van der Waals surface area contributed by atoms with Crippen LogP contribution in [0.1, 0.15) is 12.5 Å². The molecular weight excluding hydrogens is 294 g/mol. The van der Waals surface area contributed by atoms with Crippen molar-refractivity contribution in [3.05, 3.63) is 52.3 Å². The second-order valence-corrected chi connectivity index (χ2v) is 5.56. The van der Waals surface area contributed by atoms with Crippen molar-refractivity contribution in [2.24, 2.45) is 0 Å². The summed E-state index contributed by atoms with van der Waals surface area (Å²) < 4.78 is 6.80. The number of fused-ring (bicyclic) bond motifs is 3. The minimum Gasteiger partial charge on any atom is -0.507 e. The summed E-state index contributed by atoms with van der Waals surface area (Å²) in [6.07, 6.45) is 0. The summed E-state index contributed by atoms with van der Waals surface area (Å²) in [7, 11) is 0. The molecule has 0 atom stereocenters. The SMILES string of the molecule is CC(=O)Oc1ccc2c3ccccc3n3c(=O)c(C)c(O)c1c23. The van der Waals surface area contributed by atoms with Crippen molar-refractivity contribution in [2.75, 3.05) is 0 Å². The van der Waals surface area contributed by atoms with E-state index in [-0.39, 0.29) is 22.6 Å². The summed E-state index contributed by atoms with van der Waals surface area (Å²) in [5.74, 6) is -0.379. The minimum absolute atomic E-state index is 0.146. The predicted molar refractivity (Wildman–Crippen MR) is 87.6 cm³/mol. The molecule has 4 aromatic rings. The normalized spacial score (nSPS) is 11.6. The van der Waals surface area contributed by atoms with Gasteiger partial charge in [-0.1, -0.05) is 18.2 Å². The molecule has 5 nitrogen and oxygen atoms in total. The summed E-state index contributed by atoms with van der Waals surface area (Å²) in [4.78, 5) is 24.0. The van der Waals surface area contributed by atoms with E-state index in [1.165, 1.54) is 6.92 Å². The van der Waals surface area contributed by atoms with Gasteiger partial charge in [-0.15, -0.1) is 0 Å². The number of rotatable bonds is 1. The van der Waals surface area contributed by atoms with Crippen LogP contribution in [0.2, 0.25) is 0 Å². The van der Waals surface area contributed by atoms with Crippen molar-refractivity contribution >= 4 is 33.2 Å². The van der Waals surface area contributed by atoms with Gasteiger partial charge in [-0.3, -0.25) is 14.0 Å². The summed E-state index contributed by atoms with van der Waals surface area (Å²) in [5, 5.41) is 12.6. The lowest BCUT2D eigenvalue weighted by Gasteiger charge is -2.10. The van der Waals surface area contributed by atoms with Gasteiger partial charge in [-0.05, 0) is 25.1 Å². The van der Waals surface area contributed by atoms with Crippen molar-refractivity contribution in [1.82, 2.24) is 4.40 Å². The molecular formula is C18H13NO4. The fourth-order valence-corrected chi connectivity index (χ4v) is 3.18. The molecule has 0 spiro atoms. The molecule has 0 bridgehead atoms. The number of aromatic nitrogens is 1. The maximum atomic E-state index is 12.7. The molecule has 0 amide bonds. The molecule has 0 aliphatic carbocycles. The Balaban J connectivity index is 2.37. The lowest BCUT2D eigenvalue weighted by molar-refractivity contribution is -0.131.